The number of thiazole rings is 1. The Kier molecular flexibility index (Phi) is 6.49. The van der Waals surface area contributed by atoms with Crippen LogP contribution < -0.4 is 4.90 Å². The van der Waals surface area contributed by atoms with Gasteiger partial charge in [0.15, 0.2) is 6.10 Å². The molecule has 0 N–H and O–H groups in total. The van der Waals surface area contributed by atoms with Crippen LogP contribution in [-0.4, -0.2) is 34.5 Å². The van der Waals surface area contributed by atoms with E-state index in [-0.39, 0.29) is 12.3 Å². The normalized spacial score (nSPS) is 11.6. The minimum Gasteiger partial charge on any atom is -0.452 e. The monoisotopic (exact) mass is 395 g/mol. The van der Waals surface area contributed by atoms with Crippen molar-refractivity contribution in [2.75, 3.05) is 11.4 Å². The van der Waals surface area contributed by atoms with Gasteiger partial charge in [0.1, 0.15) is 5.01 Å². The summed E-state index contributed by atoms with van der Waals surface area (Å²) in [5.41, 5.74) is 2.29. The van der Waals surface area contributed by atoms with Crippen LogP contribution in [0.2, 0.25) is 0 Å². The highest BCUT2D eigenvalue weighted by molar-refractivity contribution is 7.13. The summed E-state index contributed by atoms with van der Waals surface area (Å²) in [6.45, 7) is 3.97. The number of likely N-dealkylation sites (N-methyl/N-ethyl adjacent to an activating group) is 1. The van der Waals surface area contributed by atoms with Crippen molar-refractivity contribution < 1.29 is 14.3 Å². The molecule has 2 aromatic heterocycles. The maximum absolute atomic E-state index is 12.7. The molecule has 1 amide bonds. The zero-order valence-corrected chi connectivity index (χ0v) is 16.6. The summed E-state index contributed by atoms with van der Waals surface area (Å²) in [6, 6.07) is 13.1. The highest BCUT2D eigenvalue weighted by Crippen LogP contribution is 2.23. The Labute approximate surface area is 167 Å². The first-order valence-corrected chi connectivity index (χ1v) is 9.87. The topological polar surface area (TPSA) is 72.4 Å². The maximum Gasteiger partial charge on any atom is 0.312 e. The molecule has 0 spiro atoms. The predicted octanol–water partition coefficient (Wildman–Crippen LogP) is 3.73. The van der Waals surface area contributed by atoms with Gasteiger partial charge in [-0.1, -0.05) is 18.2 Å². The Hall–Kier alpha value is -3.06. The summed E-state index contributed by atoms with van der Waals surface area (Å²) in [5.74, 6) is -0.732. The molecule has 3 aromatic rings. The molecule has 3 rings (SSSR count). The van der Waals surface area contributed by atoms with Crippen LogP contribution in [0.25, 0.3) is 10.6 Å². The van der Waals surface area contributed by atoms with Crippen molar-refractivity contribution >= 4 is 28.9 Å². The highest BCUT2D eigenvalue weighted by Gasteiger charge is 2.24. The molecular formula is C21H21N3O3S. The largest absolute Gasteiger partial charge is 0.452 e. The molecule has 0 aliphatic carbocycles. The van der Waals surface area contributed by atoms with Crippen molar-refractivity contribution in [2.45, 2.75) is 26.4 Å². The molecule has 0 aliphatic rings. The van der Waals surface area contributed by atoms with Gasteiger partial charge in [0.2, 0.25) is 0 Å². The molecule has 0 unspecified atom stereocenters. The van der Waals surface area contributed by atoms with Gasteiger partial charge in [0, 0.05) is 35.6 Å². The second kappa shape index (κ2) is 9.23. The summed E-state index contributed by atoms with van der Waals surface area (Å²) >= 11 is 1.44. The Morgan fingerprint density at radius 2 is 1.96 bits per heavy atom. The summed E-state index contributed by atoms with van der Waals surface area (Å²) < 4.78 is 5.36. The predicted molar refractivity (Wildman–Crippen MR) is 109 cm³/mol. The third-order valence-electron chi connectivity index (χ3n) is 4.09. The average molecular weight is 395 g/mol. The van der Waals surface area contributed by atoms with Crippen LogP contribution in [0.1, 0.15) is 19.5 Å². The molecule has 28 heavy (non-hydrogen) atoms. The minimum atomic E-state index is -0.871. The fraction of sp³-hybridized carbons (Fsp3) is 0.238. The lowest BCUT2D eigenvalue weighted by molar-refractivity contribution is -0.153. The van der Waals surface area contributed by atoms with Gasteiger partial charge in [-0.15, -0.1) is 11.3 Å². The summed E-state index contributed by atoms with van der Waals surface area (Å²) in [6.07, 6.45) is 2.57. The molecule has 0 radical (unpaired) electrons. The molecule has 0 aliphatic heterocycles. The number of esters is 1. The lowest BCUT2D eigenvalue weighted by atomic mass is 10.2. The molecule has 2 heterocycles. The lowest BCUT2D eigenvalue weighted by Gasteiger charge is -2.24. The van der Waals surface area contributed by atoms with Gasteiger partial charge in [-0.2, -0.15) is 0 Å². The average Bonchev–Trinajstić information content (AvgIpc) is 3.18. The Balaban J connectivity index is 1.60. The lowest BCUT2D eigenvalue weighted by Crippen LogP contribution is -2.40. The van der Waals surface area contributed by atoms with Gasteiger partial charge >= 0.3 is 5.97 Å². The number of para-hydroxylation sites is 1. The molecule has 0 saturated carbocycles. The second-order valence-electron chi connectivity index (χ2n) is 6.11. The van der Waals surface area contributed by atoms with Crippen LogP contribution in [0.4, 0.5) is 5.69 Å². The fourth-order valence-electron chi connectivity index (χ4n) is 2.74. The second-order valence-corrected chi connectivity index (χ2v) is 6.97. The number of carbonyl (C=O) groups is 2. The van der Waals surface area contributed by atoms with Gasteiger partial charge in [-0.3, -0.25) is 14.6 Å². The van der Waals surface area contributed by atoms with E-state index in [9.17, 15) is 9.59 Å². The van der Waals surface area contributed by atoms with Crippen molar-refractivity contribution in [2.24, 2.45) is 0 Å². The Bertz CT molecular complexity index is 928. The Morgan fingerprint density at radius 1 is 1.18 bits per heavy atom. The van der Waals surface area contributed by atoms with Crippen LogP contribution in [0.5, 0.6) is 0 Å². The van der Waals surface area contributed by atoms with Crippen molar-refractivity contribution in [3.05, 3.63) is 65.9 Å². The SMILES string of the molecule is CCN(C(=O)[C@H](C)OC(=O)Cc1csc(-c2cccnc2)n1)c1ccccc1. The molecule has 0 bridgehead atoms. The molecule has 144 valence electrons. The third-order valence-corrected chi connectivity index (χ3v) is 5.03. The van der Waals surface area contributed by atoms with E-state index in [0.29, 0.717) is 12.2 Å². The van der Waals surface area contributed by atoms with E-state index in [1.165, 1.54) is 11.3 Å². The summed E-state index contributed by atoms with van der Waals surface area (Å²) in [7, 11) is 0. The number of amides is 1. The van der Waals surface area contributed by atoms with E-state index >= 15 is 0 Å². The number of nitrogens with zero attached hydrogens (tertiary/aromatic N) is 3. The van der Waals surface area contributed by atoms with E-state index in [0.717, 1.165) is 16.3 Å². The van der Waals surface area contributed by atoms with E-state index < -0.39 is 12.1 Å². The number of anilines is 1. The fourth-order valence-corrected chi connectivity index (χ4v) is 3.55. The summed E-state index contributed by atoms with van der Waals surface area (Å²) in [5, 5.41) is 2.61. The number of ether oxygens (including phenoxy) is 1. The molecule has 0 saturated heterocycles. The van der Waals surface area contributed by atoms with Crippen LogP contribution >= 0.6 is 11.3 Å². The van der Waals surface area contributed by atoms with Crippen LogP contribution in [0.15, 0.2) is 60.2 Å². The van der Waals surface area contributed by atoms with Gasteiger partial charge in [0.05, 0.1) is 12.1 Å². The van der Waals surface area contributed by atoms with Crippen LogP contribution in [0, 0.1) is 0 Å². The van der Waals surface area contributed by atoms with E-state index in [2.05, 4.69) is 9.97 Å². The van der Waals surface area contributed by atoms with Gasteiger partial charge in [-0.25, -0.2) is 4.98 Å². The van der Waals surface area contributed by atoms with Crippen molar-refractivity contribution in [1.29, 1.82) is 0 Å². The van der Waals surface area contributed by atoms with Crippen LogP contribution in [0.3, 0.4) is 0 Å². The standard InChI is InChI=1S/C21H21N3O3S/c1-3-24(18-9-5-4-6-10-18)21(26)15(2)27-19(25)12-17-14-28-20(23-17)16-8-7-11-22-13-16/h4-11,13-15H,3,12H2,1-2H3/t15-/m0/s1. The van der Waals surface area contributed by atoms with Crippen molar-refractivity contribution in [3.8, 4) is 10.6 Å². The number of hydrogen-bond donors (Lipinski definition) is 0. The Morgan fingerprint density at radius 3 is 2.64 bits per heavy atom. The van der Waals surface area contributed by atoms with E-state index in [1.807, 2.05) is 54.8 Å². The number of aromatic nitrogens is 2. The third kappa shape index (κ3) is 4.80. The molecule has 0 fully saturated rings. The number of pyridine rings is 1. The van der Waals surface area contributed by atoms with Gasteiger partial charge in [0.25, 0.3) is 5.91 Å². The number of benzene rings is 1. The smallest absolute Gasteiger partial charge is 0.312 e. The molecular weight excluding hydrogens is 374 g/mol. The van der Waals surface area contributed by atoms with Gasteiger partial charge in [-0.05, 0) is 38.1 Å². The van der Waals surface area contributed by atoms with E-state index in [4.69, 9.17) is 4.74 Å². The number of rotatable bonds is 7. The first kappa shape index (κ1) is 19.7. The van der Waals surface area contributed by atoms with E-state index in [1.54, 1.807) is 24.2 Å². The van der Waals surface area contributed by atoms with Crippen molar-refractivity contribution in [3.63, 3.8) is 0 Å². The molecule has 7 heteroatoms. The maximum atomic E-state index is 12.7. The minimum absolute atomic E-state index is 0.0197. The zero-order chi connectivity index (χ0) is 19.9. The highest BCUT2D eigenvalue weighted by atomic mass is 32.1. The van der Waals surface area contributed by atoms with Gasteiger partial charge < -0.3 is 9.64 Å². The van der Waals surface area contributed by atoms with Crippen LogP contribution in [-0.2, 0) is 20.7 Å². The first-order chi connectivity index (χ1) is 13.6. The molecule has 6 nitrogen and oxygen atoms in total. The first-order valence-electron chi connectivity index (χ1n) is 8.99. The molecule has 1 aromatic carbocycles. The zero-order valence-electron chi connectivity index (χ0n) is 15.7. The molecule has 1 atom stereocenters. The summed E-state index contributed by atoms with van der Waals surface area (Å²) in [4.78, 5) is 35.1. The quantitative estimate of drug-likeness (QED) is 0.570. The van der Waals surface area contributed by atoms with Crippen molar-refractivity contribution in [1.82, 2.24) is 9.97 Å². The number of carbonyl (C=O) groups excluding carboxylic acids is 2. The number of hydrogen-bond acceptors (Lipinski definition) is 6.